The standard InChI is InChI=1S/C22H14Cl2N2O2S/c23-14-6-10-17(11-7-14)26-21(27)19(25-16-4-2-1-3-5-16)20(22(26)28)29-18-12-8-15(24)9-13-18/h1-13,25H. The second-order valence-electron chi connectivity index (χ2n) is 6.17. The van der Waals surface area contributed by atoms with Gasteiger partial charge in [-0.05, 0) is 60.7 Å². The van der Waals surface area contributed by atoms with Crippen molar-refractivity contribution in [3.05, 3.63) is 99.5 Å². The average Bonchev–Trinajstić information content (AvgIpc) is 2.95. The van der Waals surface area contributed by atoms with E-state index in [4.69, 9.17) is 23.2 Å². The first kappa shape index (κ1) is 19.6. The van der Waals surface area contributed by atoms with Gasteiger partial charge in [0.15, 0.2) is 0 Å². The lowest BCUT2D eigenvalue weighted by molar-refractivity contribution is -0.120. The lowest BCUT2D eigenvalue weighted by atomic mass is 10.3. The molecule has 0 aliphatic carbocycles. The minimum absolute atomic E-state index is 0.232. The van der Waals surface area contributed by atoms with Crippen LogP contribution in [0.1, 0.15) is 0 Å². The summed E-state index contributed by atoms with van der Waals surface area (Å²) in [6, 6.07) is 22.9. The van der Waals surface area contributed by atoms with Gasteiger partial charge in [-0.3, -0.25) is 9.59 Å². The first-order valence-corrected chi connectivity index (χ1v) is 10.2. The highest BCUT2D eigenvalue weighted by atomic mass is 35.5. The van der Waals surface area contributed by atoms with Crippen LogP contribution in [0.4, 0.5) is 11.4 Å². The van der Waals surface area contributed by atoms with Gasteiger partial charge < -0.3 is 5.32 Å². The van der Waals surface area contributed by atoms with Gasteiger partial charge in [0.2, 0.25) is 0 Å². The minimum atomic E-state index is -0.419. The molecule has 0 saturated heterocycles. The van der Waals surface area contributed by atoms with Crippen molar-refractivity contribution in [2.24, 2.45) is 0 Å². The molecular formula is C22H14Cl2N2O2S. The Hall–Kier alpha value is -2.73. The SMILES string of the molecule is O=C1C(Nc2ccccc2)=C(Sc2ccc(Cl)cc2)C(=O)N1c1ccc(Cl)cc1. The van der Waals surface area contributed by atoms with E-state index in [1.165, 1.54) is 11.8 Å². The summed E-state index contributed by atoms with van der Waals surface area (Å²) in [6.45, 7) is 0. The molecule has 1 N–H and O–H groups in total. The molecule has 144 valence electrons. The third-order valence-electron chi connectivity index (χ3n) is 4.20. The molecule has 0 spiro atoms. The van der Waals surface area contributed by atoms with Crippen LogP contribution in [-0.4, -0.2) is 11.8 Å². The summed E-state index contributed by atoms with van der Waals surface area (Å²) in [4.78, 5) is 28.6. The molecule has 4 nitrogen and oxygen atoms in total. The van der Waals surface area contributed by atoms with E-state index in [2.05, 4.69) is 5.32 Å². The van der Waals surface area contributed by atoms with Gasteiger partial charge in [0.05, 0.1) is 5.69 Å². The Bertz CT molecular complexity index is 1100. The number of thioether (sulfide) groups is 1. The van der Waals surface area contributed by atoms with Crippen LogP contribution in [0, 0.1) is 0 Å². The fourth-order valence-electron chi connectivity index (χ4n) is 2.83. The molecule has 2 amide bonds. The molecule has 1 heterocycles. The van der Waals surface area contributed by atoms with Crippen molar-refractivity contribution in [1.82, 2.24) is 0 Å². The van der Waals surface area contributed by atoms with E-state index in [1.807, 2.05) is 42.5 Å². The Morgan fingerprint density at radius 2 is 1.31 bits per heavy atom. The van der Waals surface area contributed by atoms with Crippen molar-refractivity contribution in [2.75, 3.05) is 10.2 Å². The van der Waals surface area contributed by atoms with Crippen LogP contribution in [0.5, 0.6) is 0 Å². The molecular weight excluding hydrogens is 427 g/mol. The summed E-state index contributed by atoms with van der Waals surface area (Å²) < 4.78 is 0. The average molecular weight is 441 g/mol. The van der Waals surface area contributed by atoms with E-state index in [1.54, 1.807) is 36.4 Å². The highest BCUT2D eigenvalue weighted by molar-refractivity contribution is 8.04. The van der Waals surface area contributed by atoms with Crippen molar-refractivity contribution in [3.8, 4) is 0 Å². The first-order valence-electron chi connectivity index (χ1n) is 8.67. The molecule has 29 heavy (non-hydrogen) atoms. The van der Waals surface area contributed by atoms with Gasteiger partial charge in [0.1, 0.15) is 10.6 Å². The number of rotatable bonds is 5. The number of hydrogen-bond acceptors (Lipinski definition) is 4. The maximum absolute atomic E-state index is 13.2. The van der Waals surface area contributed by atoms with Crippen molar-refractivity contribution >= 4 is 58.2 Å². The van der Waals surface area contributed by atoms with Crippen LogP contribution in [0.15, 0.2) is 94.4 Å². The molecule has 4 rings (SSSR count). The number of nitrogens with zero attached hydrogens (tertiary/aromatic N) is 1. The van der Waals surface area contributed by atoms with Crippen molar-refractivity contribution in [1.29, 1.82) is 0 Å². The van der Waals surface area contributed by atoms with Gasteiger partial charge in [-0.2, -0.15) is 0 Å². The number of anilines is 2. The monoisotopic (exact) mass is 440 g/mol. The van der Waals surface area contributed by atoms with Crippen LogP contribution >= 0.6 is 35.0 Å². The summed E-state index contributed by atoms with van der Waals surface area (Å²) in [7, 11) is 0. The van der Waals surface area contributed by atoms with E-state index in [-0.39, 0.29) is 5.70 Å². The molecule has 1 aliphatic rings. The number of nitrogens with one attached hydrogen (secondary N) is 1. The second kappa shape index (κ2) is 8.33. The molecule has 0 bridgehead atoms. The second-order valence-corrected chi connectivity index (χ2v) is 8.13. The molecule has 7 heteroatoms. The summed E-state index contributed by atoms with van der Waals surface area (Å²) in [5.74, 6) is -0.812. The predicted octanol–water partition coefficient (Wildman–Crippen LogP) is 5.98. The van der Waals surface area contributed by atoms with E-state index in [9.17, 15) is 9.59 Å². The summed E-state index contributed by atoms with van der Waals surface area (Å²) in [6.07, 6.45) is 0. The molecule has 0 atom stereocenters. The predicted molar refractivity (Wildman–Crippen MR) is 118 cm³/mol. The number of imide groups is 1. The summed E-state index contributed by atoms with van der Waals surface area (Å²) >= 11 is 13.1. The lowest BCUT2D eigenvalue weighted by Crippen LogP contribution is -2.32. The molecule has 0 saturated carbocycles. The van der Waals surface area contributed by atoms with Crippen LogP contribution in [-0.2, 0) is 9.59 Å². The molecule has 1 aliphatic heterocycles. The molecule has 3 aromatic rings. The Kier molecular flexibility index (Phi) is 5.62. The molecule has 0 radical (unpaired) electrons. The molecule has 0 unspecified atom stereocenters. The maximum atomic E-state index is 13.2. The summed E-state index contributed by atoms with van der Waals surface area (Å²) in [5, 5.41) is 4.24. The highest BCUT2D eigenvalue weighted by Crippen LogP contribution is 2.38. The molecule has 0 aromatic heterocycles. The van der Waals surface area contributed by atoms with Crippen molar-refractivity contribution in [2.45, 2.75) is 4.90 Å². The van der Waals surface area contributed by atoms with Gasteiger partial charge >= 0.3 is 0 Å². The topological polar surface area (TPSA) is 49.4 Å². The fraction of sp³-hybridized carbons (Fsp3) is 0. The van der Waals surface area contributed by atoms with Gasteiger partial charge in [0.25, 0.3) is 11.8 Å². The van der Waals surface area contributed by atoms with Crippen molar-refractivity contribution in [3.63, 3.8) is 0 Å². The van der Waals surface area contributed by atoms with Gasteiger partial charge in [0, 0.05) is 20.6 Å². The number of benzene rings is 3. The zero-order chi connectivity index (χ0) is 20.4. The first-order chi connectivity index (χ1) is 14.0. The van der Waals surface area contributed by atoms with E-state index in [0.29, 0.717) is 20.6 Å². The van der Waals surface area contributed by atoms with Gasteiger partial charge in [-0.1, -0.05) is 53.2 Å². The molecule has 3 aromatic carbocycles. The van der Waals surface area contributed by atoms with E-state index in [0.717, 1.165) is 15.5 Å². The number of halogens is 2. The largest absolute Gasteiger partial charge is 0.350 e. The normalized spacial score (nSPS) is 13.9. The van der Waals surface area contributed by atoms with Crippen LogP contribution in [0.2, 0.25) is 10.0 Å². The molecule has 0 fully saturated rings. The van der Waals surface area contributed by atoms with E-state index >= 15 is 0 Å². The number of para-hydroxylation sites is 1. The number of carbonyl (C=O) groups excluding carboxylic acids is 2. The van der Waals surface area contributed by atoms with Crippen LogP contribution in [0.25, 0.3) is 0 Å². The Morgan fingerprint density at radius 3 is 1.93 bits per heavy atom. The maximum Gasteiger partial charge on any atom is 0.283 e. The minimum Gasteiger partial charge on any atom is -0.350 e. The lowest BCUT2D eigenvalue weighted by Gasteiger charge is -2.15. The highest BCUT2D eigenvalue weighted by Gasteiger charge is 2.40. The Balaban J connectivity index is 1.73. The zero-order valence-electron chi connectivity index (χ0n) is 14.9. The van der Waals surface area contributed by atoms with Gasteiger partial charge in [-0.15, -0.1) is 0 Å². The zero-order valence-corrected chi connectivity index (χ0v) is 17.3. The smallest absolute Gasteiger partial charge is 0.283 e. The number of carbonyl (C=O) groups is 2. The number of hydrogen-bond donors (Lipinski definition) is 1. The Morgan fingerprint density at radius 1 is 0.724 bits per heavy atom. The van der Waals surface area contributed by atoms with E-state index < -0.39 is 11.8 Å². The van der Waals surface area contributed by atoms with Gasteiger partial charge in [-0.25, -0.2) is 4.90 Å². The quantitative estimate of drug-likeness (QED) is 0.495. The van der Waals surface area contributed by atoms with Crippen molar-refractivity contribution < 1.29 is 9.59 Å². The Labute approximate surface area is 182 Å². The third kappa shape index (κ3) is 4.17. The van der Waals surface area contributed by atoms with Crippen LogP contribution < -0.4 is 10.2 Å². The summed E-state index contributed by atoms with van der Waals surface area (Å²) in [5.41, 5.74) is 1.41. The van der Waals surface area contributed by atoms with Crippen LogP contribution in [0.3, 0.4) is 0 Å². The third-order valence-corrected chi connectivity index (χ3v) is 5.80. The number of amides is 2. The fourth-order valence-corrected chi connectivity index (χ4v) is 4.00.